The van der Waals surface area contributed by atoms with Gasteiger partial charge in [-0.3, -0.25) is 4.79 Å². The molecular formula is C23H27Cl2F4N3O2. The van der Waals surface area contributed by atoms with Crippen molar-refractivity contribution in [1.82, 2.24) is 9.88 Å². The number of anilines is 1. The van der Waals surface area contributed by atoms with Crippen molar-refractivity contribution < 1.29 is 27.1 Å². The summed E-state index contributed by atoms with van der Waals surface area (Å²) in [5.41, 5.74) is -1.37. The van der Waals surface area contributed by atoms with Gasteiger partial charge in [0.25, 0.3) is 5.91 Å². The number of amides is 1. The SMILES string of the molecule is CC1OC2(CCN(CCc3ccccc3F)CC2)CN(c2cccnc2C(F)(F)F)C1=O.Cl.Cl. The molecule has 5 nitrogen and oxygen atoms in total. The molecule has 0 N–H and O–H groups in total. The van der Waals surface area contributed by atoms with Crippen LogP contribution in [0.3, 0.4) is 0 Å². The number of morpholine rings is 1. The fourth-order valence-electron chi connectivity index (χ4n) is 4.52. The summed E-state index contributed by atoms with van der Waals surface area (Å²) >= 11 is 0. The molecule has 11 heteroatoms. The molecule has 0 saturated carbocycles. The van der Waals surface area contributed by atoms with Gasteiger partial charge in [0.1, 0.15) is 11.9 Å². The van der Waals surface area contributed by atoms with E-state index in [0.29, 0.717) is 44.5 Å². The summed E-state index contributed by atoms with van der Waals surface area (Å²) in [5.74, 6) is -0.729. The van der Waals surface area contributed by atoms with E-state index < -0.39 is 29.5 Å². The van der Waals surface area contributed by atoms with E-state index in [-0.39, 0.29) is 42.9 Å². The van der Waals surface area contributed by atoms with Crippen LogP contribution in [0.5, 0.6) is 0 Å². The molecule has 1 spiro atoms. The van der Waals surface area contributed by atoms with E-state index in [1.54, 1.807) is 25.1 Å². The predicted octanol–water partition coefficient (Wildman–Crippen LogP) is 4.91. The van der Waals surface area contributed by atoms with Crippen molar-refractivity contribution in [1.29, 1.82) is 0 Å². The predicted molar refractivity (Wildman–Crippen MR) is 125 cm³/mol. The summed E-state index contributed by atoms with van der Waals surface area (Å²) < 4.78 is 60.4. The first-order valence-corrected chi connectivity index (χ1v) is 10.7. The molecule has 34 heavy (non-hydrogen) atoms. The average Bonchev–Trinajstić information content (AvgIpc) is 2.76. The Morgan fingerprint density at radius 1 is 1.12 bits per heavy atom. The average molecular weight is 524 g/mol. The molecule has 1 unspecified atom stereocenters. The van der Waals surface area contributed by atoms with Crippen LogP contribution in [0.15, 0.2) is 42.6 Å². The van der Waals surface area contributed by atoms with Crippen LogP contribution in [0.1, 0.15) is 31.0 Å². The van der Waals surface area contributed by atoms with Gasteiger partial charge in [-0.2, -0.15) is 13.2 Å². The summed E-state index contributed by atoms with van der Waals surface area (Å²) in [6.45, 7) is 3.61. The second kappa shape index (κ2) is 11.2. The van der Waals surface area contributed by atoms with Crippen LogP contribution in [-0.4, -0.2) is 53.7 Å². The quantitative estimate of drug-likeness (QED) is 0.534. The molecule has 1 amide bonds. The van der Waals surface area contributed by atoms with Crippen LogP contribution in [0.25, 0.3) is 0 Å². The lowest BCUT2D eigenvalue weighted by Gasteiger charge is -2.49. The number of hydrogen-bond donors (Lipinski definition) is 0. The summed E-state index contributed by atoms with van der Waals surface area (Å²) in [5, 5.41) is 0. The maximum absolute atomic E-state index is 13.9. The molecule has 1 aromatic carbocycles. The van der Waals surface area contributed by atoms with Crippen LogP contribution >= 0.6 is 24.8 Å². The van der Waals surface area contributed by atoms with E-state index in [2.05, 4.69) is 9.88 Å². The highest BCUT2D eigenvalue weighted by molar-refractivity contribution is 5.97. The van der Waals surface area contributed by atoms with E-state index in [1.807, 2.05) is 0 Å². The molecular weight excluding hydrogens is 497 g/mol. The molecule has 0 bridgehead atoms. The fourth-order valence-corrected chi connectivity index (χ4v) is 4.52. The molecule has 1 atom stereocenters. The molecule has 0 aliphatic carbocycles. The van der Waals surface area contributed by atoms with Crippen LogP contribution in [0.2, 0.25) is 0 Å². The van der Waals surface area contributed by atoms with Gasteiger partial charge in [-0.25, -0.2) is 9.37 Å². The van der Waals surface area contributed by atoms with Gasteiger partial charge >= 0.3 is 6.18 Å². The topological polar surface area (TPSA) is 45.7 Å². The zero-order valence-electron chi connectivity index (χ0n) is 18.6. The summed E-state index contributed by atoms with van der Waals surface area (Å²) in [4.78, 5) is 19.6. The van der Waals surface area contributed by atoms with E-state index in [4.69, 9.17) is 4.74 Å². The minimum Gasteiger partial charge on any atom is -0.360 e. The monoisotopic (exact) mass is 523 g/mol. The van der Waals surface area contributed by atoms with Gasteiger partial charge in [0, 0.05) is 25.8 Å². The highest BCUT2D eigenvalue weighted by Gasteiger charge is 2.48. The van der Waals surface area contributed by atoms with Crippen molar-refractivity contribution in [2.45, 2.75) is 44.1 Å². The van der Waals surface area contributed by atoms with Crippen LogP contribution < -0.4 is 4.90 Å². The van der Waals surface area contributed by atoms with E-state index in [1.165, 1.54) is 23.1 Å². The highest BCUT2D eigenvalue weighted by Crippen LogP contribution is 2.39. The molecule has 1 aromatic heterocycles. The molecule has 2 aliphatic rings. The first kappa shape index (κ1) is 28.3. The number of halogens is 6. The van der Waals surface area contributed by atoms with Gasteiger partial charge < -0.3 is 14.5 Å². The number of alkyl halides is 3. The van der Waals surface area contributed by atoms with Crippen LogP contribution in [0.4, 0.5) is 23.2 Å². The lowest BCUT2D eigenvalue weighted by atomic mass is 9.88. The second-order valence-corrected chi connectivity index (χ2v) is 8.42. The first-order chi connectivity index (χ1) is 15.2. The number of aromatic nitrogens is 1. The molecule has 188 valence electrons. The molecule has 4 rings (SSSR count). The number of rotatable bonds is 4. The number of piperidine rings is 1. The Labute approximate surface area is 208 Å². The van der Waals surface area contributed by atoms with Gasteiger partial charge in [-0.15, -0.1) is 24.8 Å². The zero-order valence-corrected chi connectivity index (χ0v) is 20.2. The van der Waals surface area contributed by atoms with Crippen molar-refractivity contribution in [2.75, 3.05) is 31.1 Å². The number of benzene rings is 1. The van der Waals surface area contributed by atoms with Gasteiger partial charge in [0.15, 0.2) is 5.69 Å². The number of likely N-dealkylation sites (tertiary alicyclic amines) is 1. The molecule has 2 saturated heterocycles. The summed E-state index contributed by atoms with van der Waals surface area (Å²) in [6.07, 6.45) is -2.73. The Morgan fingerprint density at radius 2 is 1.79 bits per heavy atom. The van der Waals surface area contributed by atoms with Crippen LogP contribution in [-0.2, 0) is 22.1 Å². The summed E-state index contributed by atoms with van der Waals surface area (Å²) in [6, 6.07) is 9.35. The number of carbonyl (C=O) groups is 1. The normalized spacial score (nSPS) is 20.6. The fraction of sp³-hybridized carbons (Fsp3) is 0.478. The number of pyridine rings is 1. The number of carbonyl (C=O) groups excluding carboxylic acids is 1. The zero-order chi connectivity index (χ0) is 22.9. The Morgan fingerprint density at radius 3 is 2.44 bits per heavy atom. The lowest BCUT2D eigenvalue weighted by molar-refractivity contribution is -0.162. The molecule has 2 fully saturated rings. The maximum atomic E-state index is 13.9. The van der Waals surface area contributed by atoms with E-state index >= 15 is 0 Å². The van der Waals surface area contributed by atoms with Crippen molar-refractivity contribution in [3.8, 4) is 0 Å². The second-order valence-electron chi connectivity index (χ2n) is 8.42. The van der Waals surface area contributed by atoms with Crippen molar-refractivity contribution in [2.24, 2.45) is 0 Å². The van der Waals surface area contributed by atoms with Crippen molar-refractivity contribution >= 4 is 36.4 Å². The Hall–Kier alpha value is -1.94. The van der Waals surface area contributed by atoms with Crippen molar-refractivity contribution in [3.63, 3.8) is 0 Å². The van der Waals surface area contributed by atoms with Gasteiger partial charge in [0.2, 0.25) is 0 Å². The molecule has 2 aliphatic heterocycles. The van der Waals surface area contributed by atoms with E-state index in [9.17, 15) is 22.4 Å². The Kier molecular flexibility index (Phi) is 9.32. The third-order valence-electron chi connectivity index (χ3n) is 6.26. The molecule has 2 aromatic rings. The number of hydrogen-bond acceptors (Lipinski definition) is 4. The Bertz CT molecular complexity index is 985. The third-order valence-corrected chi connectivity index (χ3v) is 6.26. The van der Waals surface area contributed by atoms with Crippen LogP contribution in [0, 0.1) is 5.82 Å². The lowest BCUT2D eigenvalue weighted by Crippen LogP contribution is -2.62. The molecule has 3 heterocycles. The van der Waals surface area contributed by atoms with Gasteiger partial charge in [0.05, 0.1) is 17.8 Å². The smallest absolute Gasteiger partial charge is 0.360 e. The largest absolute Gasteiger partial charge is 0.435 e. The maximum Gasteiger partial charge on any atom is 0.435 e. The number of ether oxygens (including phenoxy) is 1. The Balaban J connectivity index is 0.00000204. The van der Waals surface area contributed by atoms with Gasteiger partial charge in [-0.05, 0) is 49.9 Å². The first-order valence-electron chi connectivity index (χ1n) is 10.7. The minimum absolute atomic E-state index is 0. The van der Waals surface area contributed by atoms with Gasteiger partial charge in [-0.1, -0.05) is 18.2 Å². The highest BCUT2D eigenvalue weighted by atomic mass is 35.5. The number of nitrogens with zero attached hydrogens (tertiary/aromatic N) is 3. The van der Waals surface area contributed by atoms with E-state index in [0.717, 1.165) is 6.20 Å². The minimum atomic E-state index is -4.67. The molecule has 0 radical (unpaired) electrons. The van der Waals surface area contributed by atoms with Crippen molar-refractivity contribution in [3.05, 3.63) is 59.7 Å². The third kappa shape index (κ3) is 6.00. The standard InChI is InChI=1S/C23H25F4N3O2.2ClH/c1-16-21(31)30(19-7-4-11-28-20(19)23(25,26)27)15-22(32-16)9-13-29(14-10-22)12-8-17-5-2-3-6-18(17)24;;/h2-7,11,16H,8-10,12-15H2,1H3;2*1H. The summed E-state index contributed by atoms with van der Waals surface area (Å²) in [7, 11) is 0.